The summed E-state index contributed by atoms with van der Waals surface area (Å²) in [5.41, 5.74) is 1.92. The van der Waals surface area contributed by atoms with Crippen molar-refractivity contribution in [3.05, 3.63) is 58.1 Å². The van der Waals surface area contributed by atoms with E-state index in [1.54, 1.807) is 25.1 Å². The van der Waals surface area contributed by atoms with E-state index in [1.165, 1.54) is 12.0 Å². The van der Waals surface area contributed by atoms with Gasteiger partial charge in [0.1, 0.15) is 18.3 Å². The number of nitrogens with one attached hydrogen (secondary N) is 1. The minimum Gasteiger partial charge on any atom is -0.495 e. The number of anilines is 1. The highest BCUT2D eigenvalue weighted by Crippen LogP contribution is 2.31. The second-order valence-corrected chi connectivity index (χ2v) is 12.1. The average Bonchev–Trinajstić information content (AvgIpc) is 3.32. The number of benzene rings is 2. The average molecular weight is 581 g/mol. The summed E-state index contributed by atoms with van der Waals surface area (Å²) in [4.78, 5) is 28.3. The Morgan fingerprint density at radius 2 is 1.86 bits per heavy atom. The summed E-state index contributed by atoms with van der Waals surface area (Å²) >= 11 is 3.45. The van der Waals surface area contributed by atoms with Crippen LogP contribution in [0, 0.1) is 6.92 Å². The van der Waals surface area contributed by atoms with Gasteiger partial charge in [0.05, 0.1) is 19.1 Å². The number of aryl methyl sites for hydroxylation is 1. The normalized spacial score (nSPS) is 14.8. The molecule has 1 aliphatic carbocycles. The highest BCUT2D eigenvalue weighted by Gasteiger charge is 2.32. The number of hydrogen-bond acceptors (Lipinski definition) is 5. The van der Waals surface area contributed by atoms with Gasteiger partial charge in [-0.15, -0.1) is 0 Å². The molecule has 0 spiro atoms. The molecule has 2 aromatic carbocycles. The molecule has 2 amide bonds. The summed E-state index contributed by atoms with van der Waals surface area (Å²) in [6.45, 7) is 3.20. The third-order valence-electron chi connectivity index (χ3n) is 6.39. The monoisotopic (exact) mass is 579 g/mol. The van der Waals surface area contributed by atoms with Crippen molar-refractivity contribution in [3.8, 4) is 5.75 Å². The van der Waals surface area contributed by atoms with E-state index in [0.29, 0.717) is 5.75 Å². The third kappa shape index (κ3) is 7.22. The van der Waals surface area contributed by atoms with Crippen LogP contribution < -0.4 is 14.4 Å². The van der Waals surface area contributed by atoms with Crippen molar-refractivity contribution in [1.82, 2.24) is 10.2 Å². The Bertz CT molecular complexity index is 1200. The second kappa shape index (κ2) is 12.1. The van der Waals surface area contributed by atoms with E-state index in [-0.39, 0.29) is 24.2 Å². The minimum atomic E-state index is -3.84. The van der Waals surface area contributed by atoms with Gasteiger partial charge in [0, 0.05) is 17.1 Å². The maximum atomic E-state index is 13.7. The lowest BCUT2D eigenvalue weighted by Crippen LogP contribution is -2.52. The molecule has 0 heterocycles. The molecule has 0 saturated heterocycles. The fourth-order valence-electron chi connectivity index (χ4n) is 4.40. The first-order valence-electron chi connectivity index (χ1n) is 12.0. The first-order chi connectivity index (χ1) is 17.0. The standard InChI is InChI=1S/C26H34BrN3O5S/c1-18-12-13-24(35-3)23(14-18)30(36(4,33)34)17-25(31)29(16-20-8-7-9-21(27)15-20)19(2)26(32)28-22-10-5-6-11-22/h7-9,12-15,19,22H,5-6,10-11,16-17H2,1-4H3,(H,28,32). The number of rotatable bonds is 10. The molecule has 1 fully saturated rings. The summed E-state index contributed by atoms with van der Waals surface area (Å²) in [5.74, 6) is -0.397. The summed E-state index contributed by atoms with van der Waals surface area (Å²) in [5, 5.41) is 3.06. The highest BCUT2D eigenvalue weighted by atomic mass is 79.9. The zero-order valence-corrected chi connectivity index (χ0v) is 23.6. The Morgan fingerprint density at radius 3 is 2.47 bits per heavy atom. The molecule has 196 valence electrons. The molecule has 2 aromatic rings. The SMILES string of the molecule is COc1ccc(C)cc1N(CC(=O)N(Cc1cccc(Br)c1)C(C)C(=O)NC1CCCC1)S(C)(=O)=O. The number of hydrogen-bond donors (Lipinski definition) is 1. The molecule has 0 aliphatic heterocycles. The van der Waals surface area contributed by atoms with Gasteiger partial charge in [-0.2, -0.15) is 0 Å². The van der Waals surface area contributed by atoms with Gasteiger partial charge in [-0.1, -0.05) is 47.0 Å². The zero-order chi connectivity index (χ0) is 26.5. The lowest BCUT2D eigenvalue weighted by atomic mass is 10.1. The first-order valence-corrected chi connectivity index (χ1v) is 14.6. The fourth-order valence-corrected chi connectivity index (χ4v) is 5.69. The topological polar surface area (TPSA) is 96.0 Å². The summed E-state index contributed by atoms with van der Waals surface area (Å²) < 4.78 is 32.9. The van der Waals surface area contributed by atoms with Gasteiger partial charge in [-0.25, -0.2) is 8.42 Å². The van der Waals surface area contributed by atoms with Gasteiger partial charge in [0.2, 0.25) is 21.8 Å². The molecule has 1 aliphatic rings. The third-order valence-corrected chi connectivity index (χ3v) is 8.01. The Hall–Kier alpha value is -2.59. The highest BCUT2D eigenvalue weighted by molar-refractivity contribution is 9.10. The van der Waals surface area contributed by atoms with Crippen LogP contribution in [0.25, 0.3) is 0 Å². The van der Waals surface area contributed by atoms with Gasteiger partial charge < -0.3 is 15.0 Å². The summed E-state index contributed by atoms with van der Waals surface area (Å²) in [6, 6.07) is 11.9. The van der Waals surface area contributed by atoms with Crippen molar-refractivity contribution in [2.45, 2.75) is 58.2 Å². The van der Waals surface area contributed by atoms with E-state index in [4.69, 9.17) is 4.74 Å². The van der Waals surface area contributed by atoms with E-state index in [1.807, 2.05) is 31.2 Å². The van der Waals surface area contributed by atoms with Crippen LogP contribution in [0.3, 0.4) is 0 Å². The number of carbonyl (C=O) groups is 2. The predicted molar refractivity (Wildman–Crippen MR) is 144 cm³/mol. The van der Waals surface area contributed by atoms with Crippen LogP contribution in [0.2, 0.25) is 0 Å². The van der Waals surface area contributed by atoms with Gasteiger partial charge in [0.25, 0.3) is 0 Å². The van der Waals surface area contributed by atoms with Crippen molar-refractivity contribution in [2.75, 3.05) is 24.2 Å². The van der Waals surface area contributed by atoms with Gasteiger partial charge in [-0.05, 0) is 62.1 Å². The van der Waals surface area contributed by atoms with Crippen LogP contribution in [0.15, 0.2) is 46.9 Å². The molecular formula is C26H34BrN3O5S. The van der Waals surface area contributed by atoms with Crippen molar-refractivity contribution in [3.63, 3.8) is 0 Å². The largest absolute Gasteiger partial charge is 0.495 e. The molecule has 1 atom stereocenters. The zero-order valence-electron chi connectivity index (χ0n) is 21.2. The van der Waals surface area contributed by atoms with Crippen LogP contribution in [0.1, 0.15) is 43.7 Å². The molecule has 1 saturated carbocycles. The number of carbonyl (C=O) groups excluding carboxylic acids is 2. The molecule has 0 bridgehead atoms. The molecule has 0 aromatic heterocycles. The van der Waals surface area contributed by atoms with Crippen molar-refractivity contribution in [1.29, 1.82) is 0 Å². The molecule has 10 heteroatoms. The van der Waals surface area contributed by atoms with Crippen LogP contribution in [-0.2, 0) is 26.2 Å². The lowest BCUT2D eigenvalue weighted by Gasteiger charge is -2.32. The molecule has 3 rings (SSSR count). The maximum absolute atomic E-state index is 13.7. The van der Waals surface area contributed by atoms with Crippen LogP contribution >= 0.6 is 15.9 Å². The molecular weight excluding hydrogens is 546 g/mol. The molecule has 0 radical (unpaired) electrons. The van der Waals surface area contributed by atoms with Gasteiger partial charge >= 0.3 is 0 Å². The number of nitrogens with zero attached hydrogens (tertiary/aromatic N) is 2. The number of amides is 2. The van der Waals surface area contributed by atoms with E-state index in [0.717, 1.165) is 51.8 Å². The number of sulfonamides is 1. The van der Waals surface area contributed by atoms with Crippen molar-refractivity contribution >= 4 is 43.5 Å². The fraction of sp³-hybridized carbons (Fsp3) is 0.462. The van der Waals surface area contributed by atoms with E-state index < -0.39 is 28.5 Å². The van der Waals surface area contributed by atoms with Crippen molar-refractivity contribution < 1.29 is 22.7 Å². The Labute approximate surface area is 222 Å². The van der Waals surface area contributed by atoms with E-state index in [2.05, 4.69) is 21.2 Å². The number of halogens is 1. The Balaban J connectivity index is 1.93. The second-order valence-electron chi connectivity index (χ2n) is 9.26. The number of methoxy groups -OCH3 is 1. The van der Waals surface area contributed by atoms with Gasteiger partial charge in [0.15, 0.2) is 0 Å². The van der Waals surface area contributed by atoms with Gasteiger partial charge in [-0.3, -0.25) is 13.9 Å². The molecule has 8 nitrogen and oxygen atoms in total. The molecule has 1 unspecified atom stereocenters. The smallest absolute Gasteiger partial charge is 0.244 e. The lowest BCUT2D eigenvalue weighted by molar-refractivity contribution is -0.139. The van der Waals surface area contributed by atoms with E-state index in [9.17, 15) is 18.0 Å². The maximum Gasteiger partial charge on any atom is 0.244 e. The van der Waals surface area contributed by atoms with Crippen LogP contribution in [0.5, 0.6) is 5.75 Å². The number of ether oxygens (including phenoxy) is 1. The summed E-state index contributed by atoms with van der Waals surface area (Å²) in [7, 11) is -2.39. The summed E-state index contributed by atoms with van der Waals surface area (Å²) in [6.07, 6.45) is 5.04. The predicted octanol–water partition coefficient (Wildman–Crippen LogP) is 4.01. The van der Waals surface area contributed by atoms with Crippen molar-refractivity contribution in [2.24, 2.45) is 0 Å². The quantitative estimate of drug-likeness (QED) is 0.459. The minimum absolute atomic E-state index is 0.104. The molecule has 1 N–H and O–H groups in total. The first kappa shape index (κ1) is 28.0. The Kier molecular flexibility index (Phi) is 9.41. The van der Waals surface area contributed by atoms with Crippen LogP contribution in [0.4, 0.5) is 5.69 Å². The molecule has 36 heavy (non-hydrogen) atoms. The Morgan fingerprint density at radius 1 is 1.17 bits per heavy atom. The van der Waals surface area contributed by atoms with E-state index >= 15 is 0 Å². The van der Waals surface area contributed by atoms with Crippen LogP contribution in [-0.4, -0.2) is 57.1 Å².